The summed E-state index contributed by atoms with van der Waals surface area (Å²) in [5.41, 5.74) is 11.2. The number of rotatable bonds is 3. The van der Waals surface area contributed by atoms with Gasteiger partial charge in [-0.05, 0) is 19.1 Å². The molecule has 0 saturated heterocycles. The summed E-state index contributed by atoms with van der Waals surface area (Å²) in [5.74, 6) is -0.945. The smallest absolute Gasteiger partial charge is 0.250 e. The zero-order valence-corrected chi connectivity index (χ0v) is 8.36. The highest BCUT2D eigenvalue weighted by atomic mass is 16.2. The van der Waals surface area contributed by atoms with Gasteiger partial charge in [-0.25, -0.2) is 0 Å². The Kier molecular flexibility index (Phi) is 3.41. The van der Waals surface area contributed by atoms with Gasteiger partial charge in [0.25, 0.3) is 5.91 Å². The Morgan fingerprint density at radius 1 is 1.33 bits per heavy atom. The van der Waals surface area contributed by atoms with Crippen molar-refractivity contribution in [2.24, 2.45) is 11.5 Å². The largest absolute Gasteiger partial charge is 0.366 e. The molecule has 1 rings (SSSR count). The van der Waals surface area contributed by atoms with Crippen LogP contribution < -0.4 is 16.8 Å². The molecule has 0 aromatic heterocycles. The van der Waals surface area contributed by atoms with Crippen LogP contribution in [-0.4, -0.2) is 17.9 Å². The summed E-state index contributed by atoms with van der Waals surface area (Å²) in [6.07, 6.45) is 0. The van der Waals surface area contributed by atoms with Crippen LogP contribution >= 0.6 is 0 Å². The SMILES string of the molecule is C[C@@H](N)C(=O)Nc1ccccc1C(N)=O. The zero-order valence-electron chi connectivity index (χ0n) is 8.36. The quantitative estimate of drug-likeness (QED) is 0.654. The van der Waals surface area contributed by atoms with E-state index in [1.165, 1.54) is 0 Å². The zero-order chi connectivity index (χ0) is 11.4. The highest BCUT2D eigenvalue weighted by molar-refractivity contribution is 6.03. The number of hydrogen-bond donors (Lipinski definition) is 3. The first kappa shape index (κ1) is 11.2. The minimum atomic E-state index is -0.633. The van der Waals surface area contributed by atoms with Gasteiger partial charge in [0, 0.05) is 0 Å². The normalized spacial score (nSPS) is 11.9. The Labute approximate surface area is 87.4 Å². The lowest BCUT2D eigenvalue weighted by Gasteiger charge is -2.10. The third kappa shape index (κ3) is 2.78. The van der Waals surface area contributed by atoms with Crippen molar-refractivity contribution in [3.05, 3.63) is 29.8 Å². The molecule has 0 spiro atoms. The summed E-state index contributed by atoms with van der Waals surface area (Å²) < 4.78 is 0. The molecule has 5 N–H and O–H groups in total. The number of carbonyl (C=O) groups is 2. The van der Waals surface area contributed by atoms with E-state index in [4.69, 9.17) is 11.5 Å². The van der Waals surface area contributed by atoms with Gasteiger partial charge < -0.3 is 16.8 Å². The Hall–Kier alpha value is -1.88. The maximum absolute atomic E-state index is 11.3. The highest BCUT2D eigenvalue weighted by Gasteiger charge is 2.12. The lowest BCUT2D eigenvalue weighted by atomic mass is 10.1. The molecule has 5 nitrogen and oxygen atoms in total. The van der Waals surface area contributed by atoms with E-state index < -0.39 is 11.9 Å². The van der Waals surface area contributed by atoms with Crippen molar-refractivity contribution in [1.29, 1.82) is 0 Å². The van der Waals surface area contributed by atoms with Crippen LogP contribution in [0.5, 0.6) is 0 Å². The van der Waals surface area contributed by atoms with Gasteiger partial charge in [0.2, 0.25) is 5.91 Å². The lowest BCUT2D eigenvalue weighted by molar-refractivity contribution is -0.117. The second-order valence-corrected chi connectivity index (χ2v) is 3.19. The number of nitrogens with one attached hydrogen (secondary N) is 1. The van der Waals surface area contributed by atoms with Crippen LogP contribution in [0.4, 0.5) is 5.69 Å². The van der Waals surface area contributed by atoms with E-state index in [1.54, 1.807) is 31.2 Å². The molecule has 0 aliphatic rings. The van der Waals surface area contributed by atoms with Gasteiger partial charge in [0.15, 0.2) is 0 Å². The molecule has 0 aliphatic heterocycles. The molecule has 1 atom stereocenters. The number of anilines is 1. The third-order valence-corrected chi connectivity index (χ3v) is 1.86. The van der Waals surface area contributed by atoms with Crippen LogP contribution in [0.3, 0.4) is 0 Å². The molecule has 2 amide bonds. The number of hydrogen-bond acceptors (Lipinski definition) is 3. The molecule has 5 heteroatoms. The number of para-hydroxylation sites is 1. The average Bonchev–Trinajstić information content (AvgIpc) is 2.18. The maximum atomic E-state index is 11.3. The number of nitrogens with two attached hydrogens (primary N) is 2. The molecular formula is C10H13N3O2. The van der Waals surface area contributed by atoms with E-state index in [-0.39, 0.29) is 11.5 Å². The highest BCUT2D eigenvalue weighted by Crippen LogP contribution is 2.14. The Morgan fingerprint density at radius 3 is 2.47 bits per heavy atom. The first-order valence-corrected chi connectivity index (χ1v) is 4.47. The summed E-state index contributed by atoms with van der Waals surface area (Å²) in [4.78, 5) is 22.3. The van der Waals surface area contributed by atoms with E-state index in [9.17, 15) is 9.59 Å². The molecule has 1 aromatic carbocycles. The maximum Gasteiger partial charge on any atom is 0.250 e. The van der Waals surface area contributed by atoms with Crippen molar-refractivity contribution in [3.8, 4) is 0 Å². The number of carbonyl (C=O) groups excluding carboxylic acids is 2. The lowest BCUT2D eigenvalue weighted by Crippen LogP contribution is -2.33. The van der Waals surface area contributed by atoms with Gasteiger partial charge in [-0.1, -0.05) is 12.1 Å². The molecule has 80 valence electrons. The number of primary amides is 1. The first-order valence-electron chi connectivity index (χ1n) is 4.47. The minimum absolute atomic E-state index is 0.270. The van der Waals surface area contributed by atoms with Gasteiger partial charge in [-0.2, -0.15) is 0 Å². The molecule has 1 aromatic rings. The Balaban J connectivity index is 2.94. The van der Waals surface area contributed by atoms with Gasteiger partial charge in [0.1, 0.15) is 0 Å². The summed E-state index contributed by atoms with van der Waals surface area (Å²) in [6.45, 7) is 1.56. The van der Waals surface area contributed by atoms with Crippen molar-refractivity contribution >= 4 is 17.5 Å². The van der Waals surface area contributed by atoms with Crippen LogP contribution in [0.15, 0.2) is 24.3 Å². The second-order valence-electron chi connectivity index (χ2n) is 3.19. The fourth-order valence-corrected chi connectivity index (χ4v) is 1.05. The molecular weight excluding hydrogens is 194 g/mol. The topological polar surface area (TPSA) is 98.2 Å². The predicted octanol–water partition coefficient (Wildman–Crippen LogP) is 0.0712. The van der Waals surface area contributed by atoms with Gasteiger partial charge >= 0.3 is 0 Å². The molecule has 0 unspecified atom stereocenters. The summed E-state index contributed by atoms with van der Waals surface area (Å²) in [5, 5.41) is 2.53. The molecule has 0 heterocycles. The van der Waals surface area contributed by atoms with Crippen LogP contribution in [0.2, 0.25) is 0 Å². The molecule has 15 heavy (non-hydrogen) atoms. The van der Waals surface area contributed by atoms with Crippen molar-refractivity contribution in [1.82, 2.24) is 0 Å². The van der Waals surface area contributed by atoms with Crippen LogP contribution in [0, 0.1) is 0 Å². The Bertz CT molecular complexity index is 388. The van der Waals surface area contributed by atoms with E-state index in [0.29, 0.717) is 5.69 Å². The standard InChI is InChI=1S/C10H13N3O2/c1-6(11)10(15)13-8-5-3-2-4-7(8)9(12)14/h2-6H,11H2,1H3,(H2,12,14)(H,13,15)/t6-/m1/s1. The first-order chi connectivity index (χ1) is 7.02. The molecule has 0 saturated carbocycles. The van der Waals surface area contributed by atoms with E-state index in [2.05, 4.69) is 5.32 Å². The van der Waals surface area contributed by atoms with E-state index in [1.807, 2.05) is 0 Å². The van der Waals surface area contributed by atoms with Crippen LogP contribution in [0.25, 0.3) is 0 Å². The summed E-state index contributed by atoms with van der Waals surface area (Å²) in [7, 11) is 0. The van der Waals surface area contributed by atoms with Crippen molar-refractivity contribution in [3.63, 3.8) is 0 Å². The molecule has 0 aliphatic carbocycles. The fourth-order valence-electron chi connectivity index (χ4n) is 1.05. The third-order valence-electron chi connectivity index (χ3n) is 1.86. The van der Waals surface area contributed by atoms with Crippen molar-refractivity contribution in [2.45, 2.75) is 13.0 Å². The minimum Gasteiger partial charge on any atom is -0.366 e. The second kappa shape index (κ2) is 4.56. The molecule has 0 fully saturated rings. The molecule has 0 radical (unpaired) electrons. The van der Waals surface area contributed by atoms with Gasteiger partial charge in [-0.15, -0.1) is 0 Å². The summed E-state index contributed by atoms with van der Waals surface area (Å²) in [6, 6.07) is 5.87. The van der Waals surface area contributed by atoms with Crippen LogP contribution in [-0.2, 0) is 4.79 Å². The van der Waals surface area contributed by atoms with Gasteiger partial charge in [0.05, 0.1) is 17.3 Å². The van der Waals surface area contributed by atoms with Gasteiger partial charge in [-0.3, -0.25) is 9.59 Å². The Morgan fingerprint density at radius 2 is 1.93 bits per heavy atom. The van der Waals surface area contributed by atoms with Crippen molar-refractivity contribution < 1.29 is 9.59 Å². The van der Waals surface area contributed by atoms with E-state index >= 15 is 0 Å². The number of amides is 2. The van der Waals surface area contributed by atoms with Crippen molar-refractivity contribution in [2.75, 3.05) is 5.32 Å². The summed E-state index contributed by atoms with van der Waals surface area (Å²) >= 11 is 0. The monoisotopic (exact) mass is 207 g/mol. The van der Waals surface area contributed by atoms with E-state index in [0.717, 1.165) is 0 Å². The van der Waals surface area contributed by atoms with Crippen LogP contribution in [0.1, 0.15) is 17.3 Å². The average molecular weight is 207 g/mol. The predicted molar refractivity (Wildman–Crippen MR) is 57.2 cm³/mol. The molecule has 0 bridgehead atoms. The number of benzene rings is 1. The fraction of sp³-hybridized carbons (Fsp3) is 0.200.